The van der Waals surface area contributed by atoms with Crippen LogP contribution in [0.5, 0.6) is 0 Å². The number of hydrogen-bond donors (Lipinski definition) is 3. The van der Waals surface area contributed by atoms with Gasteiger partial charge in [-0.3, -0.25) is 14.4 Å². The van der Waals surface area contributed by atoms with E-state index < -0.39 is 11.8 Å². The van der Waals surface area contributed by atoms with Crippen LogP contribution in [0, 0.1) is 0 Å². The molecule has 0 aliphatic carbocycles. The zero-order chi connectivity index (χ0) is 27.6. The van der Waals surface area contributed by atoms with Crippen molar-refractivity contribution in [2.24, 2.45) is 0 Å². The number of anilines is 2. The van der Waals surface area contributed by atoms with Crippen LogP contribution in [0.2, 0.25) is 10.0 Å². The standard InChI is InChI=1S/C30H23Cl2N3O3S/c31-22-9-11-24(12-10-22)33-28(36)19-39-26-15-13-25(14-16-26)34-30(38)27(18-20-5-4-8-23(32)17-20)35-29(37)21-6-2-1-3-7-21/h1-18H,19H2,(H,33,36)(H,34,38)(H,35,37)/b27-18-. The molecule has 0 aromatic heterocycles. The Labute approximate surface area is 240 Å². The van der Waals surface area contributed by atoms with Crippen LogP contribution < -0.4 is 16.0 Å². The number of carbonyl (C=O) groups excluding carboxylic acids is 3. The first-order valence-electron chi connectivity index (χ1n) is 11.8. The highest BCUT2D eigenvalue weighted by atomic mass is 35.5. The summed E-state index contributed by atoms with van der Waals surface area (Å²) in [4.78, 5) is 39.0. The van der Waals surface area contributed by atoms with E-state index in [1.165, 1.54) is 11.8 Å². The normalized spacial score (nSPS) is 11.0. The molecule has 0 unspecified atom stereocenters. The zero-order valence-corrected chi connectivity index (χ0v) is 22.8. The van der Waals surface area contributed by atoms with Gasteiger partial charge in [0.05, 0.1) is 5.75 Å². The Morgan fingerprint density at radius 2 is 1.38 bits per heavy atom. The highest BCUT2D eigenvalue weighted by Gasteiger charge is 2.15. The molecule has 0 aliphatic heterocycles. The number of nitrogens with one attached hydrogen (secondary N) is 3. The van der Waals surface area contributed by atoms with E-state index in [-0.39, 0.29) is 17.4 Å². The molecule has 4 aromatic carbocycles. The minimum atomic E-state index is -0.498. The van der Waals surface area contributed by atoms with Crippen LogP contribution >= 0.6 is 35.0 Å². The summed E-state index contributed by atoms with van der Waals surface area (Å²) in [5.74, 6) is -0.846. The first kappa shape index (κ1) is 28.0. The molecule has 196 valence electrons. The van der Waals surface area contributed by atoms with Gasteiger partial charge in [-0.25, -0.2) is 0 Å². The predicted octanol–water partition coefficient (Wildman–Crippen LogP) is 7.13. The summed E-state index contributed by atoms with van der Waals surface area (Å²) >= 11 is 13.3. The number of benzene rings is 4. The second kappa shape index (κ2) is 13.7. The fraction of sp³-hybridized carbons (Fsp3) is 0.0333. The molecular formula is C30H23Cl2N3O3S. The molecule has 0 radical (unpaired) electrons. The second-order valence-electron chi connectivity index (χ2n) is 8.26. The van der Waals surface area contributed by atoms with Crippen LogP contribution in [0.25, 0.3) is 6.08 Å². The van der Waals surface area contributed by atoms with Gasteiger partial charge in [-0.2, -0.15) is 0 Å². The molecule has 6 nitrogen and oxygen atoms in total. The van der Waals surface area contributed by atoms with Crippen molar-refractivity contribution in [3.63, 3.8) is 0 Å². The van der Waals surface area contributed by atoms with Gasteiger partial charge < -0.3 is 16.0 Å². The predicted molar refractivity (Wildman–Crippen MR) is 159 cm³/mol. The number of rotatable bonds is 9. The third kappa shape index (κ3) is 8.75. The largest absolute Gasteiger partial charge is 0.325 e. The van der Waals surface area contributed by atoms with E-state index in [1.807, 2.05) is 0 Å². The highest BCUT2D eigenvalue weighted by Crippen LogP contribution is 2.22. The van der Waals surface area contributed by atoms with Gasteiger partial charge in [-0.15, -0.1) is 11.8 Å². The maximum atomic E-state index is 13.2. The quantitative estimate of drug-likeness (QED) is 0.146. The summed E-state index contributed by atoms with van der Waals surface area (Å²) in [7, 11) is 0. The SMILES string of the molecule is O=C(CSc1ccc(NC(=O)/C(=C/c2cccc(Cl)c2)NC(=O)c2ccccc2)cc1)Nc1ccc(Cl)cc1. The first-order chi connectivity index (χ1) is 18.9. The van der Waals surface area contributed by atoms with Crippen LogP contribution in [0.15, 0.2) is 114 Å². The van der Waals surface area contributed by atoms with Crippen molar-refractivity contribution in [3.05, 3.63) is 130 Å². The Morgan fingerprint density at radius 1 is 0.718 bits per heavy atom. The van der Waals surface area contributed by atoms with Crippen molar-refractivity contribution < 1.29 is 14.4 Å². The van der Waals surface area contributed by atoms with E-state index in [0.717, 1.165) is 4.90 Å². The van der Waals surface area contributed by atoms with E-state index in [2.05, 4.69) is 16.0 Å². The minimum absolute atomic E-state index is 0.0587. The average molecular weight is 577 g/mol. The van der Waals surface area contributed by atoms with E-state index in [0.29, 0.717) is 32.5 Å². The lowest BCUT2D eigenvalue weighted by atomic mass is 10.1. The van der Waals surface area contributed by atoms with E-state index in [9.17, 15) is 14.4 Å². The molecule has 0 fully saturated rings. The maximum absolute atomic E-state index is 13.2. The highest BCUT2D eigenvalue weighted by molar-refractivity contribution is 8.00. The summed E-state index contributed by atoms with van der Waals surface area (Å²) in [5, 5.41) is 9.43. The van der Waals surface area contributed by atoms with Gasteiger partial charge in [0.25, 0.3) is 11.8 Å². The topological polar surface area (TPSA) is 87.3 Å². The molecule has 0 aliphatic rings. The number of thioether (sulfide) groups is 1. The van der Waals surface area contributed by atoms with Gasteiger partial charge in [0, 0.05) is 31.9 Å². The lowest BCUT2D eigenvalue weighted by Gasteiger charge is -2.12. The van der Waals surface area contributed by atoms with Crippen molar-refractivity contribution in [1.82, 2.24) is 5.32 Å². The van der Waals surface area contributed by atoms with Gasteiger partial charge in [0.1, 0.15) is 5.70 Å². The molecule has 0 saturated heterocycles. The molecule has 0 heterocycles. The minimum Gasteiger partial charge on any atom is -0.325 e. The Hall–Kier alpha value is -4.04. The molecule has 3 amide bonds. The van der Waals surface area contributed by atoms with Crippen LogP contribution in [-0.4, -0.2) is 23.5 Å². The van der Waals surface area contributed by atoms with E-state index in [1.54, 1.807) is 109 Å². The molecule has 9 heteroatoms. The second-order valence-corrected chi connectivity index (χ2v) is 10.2. The van der Waals surface area contributed by atoms with Gasteiger partial charge in [0.15, 0.2) is 0 Å². The molecular weight excluding hydrogens is 553 g/mol. The number of carbonyl (C=O) groups is 3. The number of hydrogen-bond acceptors (Lipinski definition) is 4. The van der Waals surface area contributed by atoms with Gasteiger partial charge >= 0.3 is 0 Å². The van der Waals surface area contributed by atoms with Gasteiger partial charge in [0.2, 0.25) is 5.91 Å². The van der Waals surface area contributed by atoms with E-state index in [4.69, 9.17) is 23.2 Å². The molecule has 39 heavy (non-hydrogen) atoms. The lowest BCUT2D eigenvalue weighted by molar-refractivity contribution is -0.114. The summed E-state index contributed by atoms with van der Waals surface area (Å²) < 4.78 is 0. The smallest absolute Gasteiger partial charge is 0.272 e. The summed E-state index contributed by atoms with van der Waals surface area (Å²) in [5.41, 5.74) is 2.34. The fourth-order valence-electron chi connectivity index (χ4n) is 3.42. The molecule has 0 saturated carbocycles. The van der Waals surface area contributed by atoms with Crippen molar-refractivity contribution in [3.8, 4) is 0 Å². The average Bonchev–Trinajstić information content (AvgIpc) is 2.94. The summed E-state index contributed by atoms with van der Waals surface area (Å²) in [6, 6.07) is 29.5. The first-order valence-corrected chi connectivity index (χ1v) is 13.5. The fourth-order valence-corrected chi connectivity index (χ4v) is 4.44. The molecule has 0 bridgehead atoms. The monoisotopic (exact) mass is 575 g/mol. The Morgan fingerprint density at radius 3 is 2.08 bits per heavy atom. The molecule has 3 N–H and O–H groups in total. The molecule has 0 atom stereocenters. The molecule has 4 rings (SSSR count). The maximum Gasteiger partial charge on any atom is 0.272 e. The van der Waals surface area contributed by atoms with Gasteiger partial charge in [-0.05, 0) is 84.4 Å². The van der Waals surface area contributed by atoms with Crippen LogP contribution in [0.3, 0.4) is 0 Å². The van der Waals surface area contributed by atoms with Crippen molar-refractivity contribution >= 4 is 70.1 Å². The molecule has 4 aromatic rings. The third-order valence-electron chi connectivity index (χ3n) is 5.30. The Balaban J connectivity index is 1.40. The van der Waals surface area contributed by atoms with Crippen LogP contribution in [0.4, 0.5) is 11.4 Å². The number of halogens is 2. The zero-order valence-electron chi connectivity index (χ0n) is 20.5. The summed E-state index contributed by atoms with van der Waals surface area (Å²) in [6.07, 6.45) is 1.56. The van der Waals surface area contributed by atoms with Crippen molar-refractivity contribution in [2.45, 2.75) is 4.90 Å². The molecule has 0 spiro atoms. The van der Waals surface area contributed by atoms with Crippen LogP contribution in [-0.2, 0) is 9.59 Å². The summed E-state index contributed by atoms with van der Waals surface area (Å²) in [6.45, 7) is 0. The van der Waals surface area contributed by atoms with Crippen molar-refractivity contribution in [1.29, 1.82) is 0 Å². The lowest BCUT2D eigenvalue weighted by Crippen LogP contribution is -2.30. The Kier molecular flexibility index (Phi) is 9.80. The number of amides is 3. The Bertz CT molecular complexity index is 1490. The van der Waals surface area contributed by atoms with E-state index >= 15 is 0 Å². The van der Waals surface area contributed by atoms with Gasteiger partial charge in [-0.1, -0.05) is 53.5 Å². The van der Waals surface area contributed by atoms with Crippen LogP contribution in [0.1, 0.15) is 15.9 Å². The van der Waals surface area contributed by atoms with Crippen molar-refractivity contribution in [2.75, 3.05) is 16.4 Å². The third-order valence-corrected chi connectivity index (χ3v) is 6.80.